The molecule has 1 heterocycles. The van der Waals surface area contributed by atoms with Crippen molar-refractivity contribution in [1.82, 2.24) is 10.6 Å². The van der Waals surface area contributed by atoms with Crippen LogP contribution >= 0.6 is 0 Å². The maximum Gasteiger partial charge on any atom is 0.240 e. The van der Waals surface area contributed by atoms with E-state index in [1.54, 1.807) is 0 Å². The highest BCUT2D eigenvalue weighted by Crippen LogP contribution is 2.42. The lowest BCUT2D eigenvalue weighted by molar-refractivity contribution is -0.128. The Morgan fingerprint density at radius 1 is 1.15 bits per heavy atom. The van der Waals surface area contributed by atoms with E-state index >= 15 is 0 Å². The van der Waals surface area contributed by atoms with Gasteiger partial charge in [-0.2, -0.15) is 0 Å². The molecule has 2 aliphatic rings. The van der Waals surface area contributed by atoms with E-state index in [0.29, 0.717) is 11.3 Å². The highest BCUT2D eigenvalue weighted by molar-refractivity contribution is 5.86. The molecule has 1 atom stereocenters. The molecule has 3 heteroatoms. The summed E-state index contributed by atoms with van der Waals surface area (Å²) in [4.78, 5) is 12.5. The molecule has 2 fully saturated rings. The third-order valence-corrected chi connectivity index (χ3v) is 5.25. The van der Waals surface area contributed by atoms with Crippen molar-refractivity contribution in [3.8, 4) is 0 Å². The van der Waals surface area contributed by atoms with Gasteiger partial charge >= 0.3 is 0 Å². The van der Waals surface area contributed by atoms with Crippen molar-refractivity contribution in [3.63, 3.8) is 0 Å². The molecule has 1 unspecified atom stereocenters. The van der Waals surface area contributed by atoms with Crippen molar-refractivity contribution in [2.45, 2.75) is 77.7 Å². The number of carbonyl (C=O) groups excluding carboxylic acids is 1. The van der Waals surface area contributed by atoms with Crippen molar-refractivity contribution in [2.75, 3.05) is 13.1 Å². The zero-order valence-corrected chi connectivity index (χ0v) is 13.6. The van der Waals surface area contributed by atoms with Crippen molar-refractivity contribution in [1.29, 1.82) is 0 Å². The smallest absolute Gasteiger partial charge is 0.240 e. The minimum atomic E-state index is -0.337. The van der Waals surface area contributed by atoms with Gasteiger partial charge in [-0.25, -0.2) is 0 Å². The molecule has 2 rings (SSSR count). The van der Waals surface area contributed by atoms with Crippen LogP contribution in [0.25, 0.3) is 0 Å². The number of rotatable bonds is 5. The second-order valence-corrected chi connectivity index (χ2v) is 7.70. The Morgan fingerprint density at radius 2 is 1.80 bits per heavy atom. The molecule has 0 aromatic heterocycles. The van der Waals surface area contributed by atoms with Crippen molar-refractivity contribution < 1.29 is 4.79 Å². The Balaban J connectivity index is 1.90. The molecule has 1 saturated carbocycles. The normalized spacial score (nSPS) is 29.6. The average molecular weight is 280 g/mol. The zero-order chi connectivity index (χ0) is 14.6. The molecule has 1 saturated heterocycles. The molecule has 0 spiro atoms. The van der Waals surface area contributed by atoms with E-state index in [2.05, 4.69) is 31.4 Å². The summed E-state index contributed by atoms with van der Waals surface area (Å²) in [6.45, 7) is 8.51. The zero-order valence-electron chi connectivity index (χ0n) is 13.6. The monoisotopic (exact) mass is 280 g/mol. The largest absolute Gasteiger partial charge is 0.354 e. The van der Waals surface area contributed by atoms with Crippen molar-refractivity contribution in [3.05, 3.63) is 0 Å². The molecular weight excluding hydrogens is 248 g/mol. The standard InChI is InChI=1S/C17H32N2O/c1-14(2)12-17(9-4-5-10-17)13-18-15(20)16(3)8-6-7-11-19-16/h14,19H,4-13H2,1-3H3,(H,18,20). The van der Waals surface area contributed by atoms with Crippen LogP contribution in [-0.2, 0) is 4.79 Å². The van der Waals surface area contributed by atoms with Crippen LogP contribution in [0.5, 0.6) is 0 Å². The second-order valence-electron chi connectivity index (χ2n) is 7.70. The van der Waals surface area contributed by atoms with Crippen LogP contribution in [0.2, 0.25) is 0 Å². The van der Waals surface area contributed by atoms with Gasteiger partial charge in [-0.05, 0) is 63.3 Å². The minimum Gasteiger partial charge on any atom is -0.354 e. The summed E-state index contributed by atoms with van der Waals surface area (Å²) < 4.78 is 0. The van der Waals surface area contributed by atoms with E-state index in [1.807, 2.05) is 0 Å². The Bertz CT molecular complexity index is 326. The molecule has 0 aromatic carbocycles. The Labute approximate surface area is 124 Å². The van der Waals surface area contributed by atoms with Gasteiger partial charge in [0, 0.05) is 6.54 Å². The number of piperidine rings is 1. The maximum absolute atomic E-state index is 12.5. The maximum atomic E-state index is 12.5. The van der Waals surface area contributed by atoms with Gasteiger partial charge in [0.05, 0.1) is 5.54 Å². The first-order valence-corrected chi connectivity index (χ1v) is 8.49. The molecule has 2 N–H and O–H groups in total. The van der Waals surface area contributed by atoms with Gasteiger partial charge in [-0.1, -0.05) is 26.7 Å². The molecule has 0 radical (unpaired) electrons. The van der Waals surface area contributed by atoms with Crippen LogP contribution < -0.4 is 10.6 Å². The molecule has 116 valence electrons. The summed E-state index contributed by atoms with van der Waals surface area (Å²) in [6, 6.07) is 0. The second kappa shape index (κ2) is 6.46. The fraction of sp³-hybridized carbons (Fsp3) is 0.941. The average Bonchev–Trinajstić information content (AvgIpc) is 2.85. The van der Waals surface area contributed by atoms with E-state index in [1.165, 1.54) is 38.5 Å². The van der Waals surface area contributed by atoms with Gasteiger partial charge < -0.3 is 10.6 Å². The quantitative estimate of drug-likeness (QED) is 0.811. The molecule has 1 amide bonds. The van der Waals surface area contributed by atoms with Crippen LogP contribution in [0.15, 0.2) is 0 Å². The lowest BCUT2D eigenvalue weighted by Crippen LogP contribution is -2.58. The van der Waals surface area contributed by atoms with Crippen LogP contribution in [0.1, 0.15) is 72.1 Å². The van der Waals surface area contributed by atoms with Gasteiger partial charge in [-0.3, -0.25) is 4.79 Å². The predicted molar refractivity (Wildman–Crippen MR) is 83.6 cm³/mol. The first-order valence-electron chi connectivity index (χ1n) is 8.49. The molecule has 20 heavy (non-hydrogen) atoms. The number of hydrogen-bond acceptors (Lipinski definition) is 2. The van der Waals surface area contributed by atoms with Gasteiger partial charge in [-0.15, -0.1) is 0 Å². The van der Waals surface area contributed by atoms with Gasteiger partial charge in [0.25, 0.3) is 0 Å². The van der Waals surface area contributed by atoms with E-state index in [-0.39, 0.29) is 11.4 Å². The van der Waals surface area contributed by atoms with E-state index in [0.717, 1.165) is 25.9 Å². The summed E-state index contributed by atoms with van der Waals surface area (Å²) in [5, 5.41) is 6.69. The number of nitrogens with one attached hydrogen (secondary N) is 2. The third-order valence-electron chi connectivity index (χ3n) is 5.25. The Morgan fingerprint density at radius 3 is 2.35 bits per heavy atom. The van der Waals surface area contributed by atoms with Gasteiger partial charge in [0.1, 0.15) is 0 Å². The fourth-order valence-electron chi connectivity index (χ4n) is 4.16. The minimum absolute atomic E-state index is 0.215. The SMILES string of the molecule is CC(C)CC1(CNC(=O)C2(C)CCCCN2)CCCC1. The summed E-state index contributed by atoms with van der Waals surface area (Å²) in [6.07, 6.45) is 9.81. The van der Waals surface area contributed by atoms with E-state index in [4.69, 9.17) is 0 Å². The summed E-state index contributed by atoms with van der Waals surface area (Å²) >= 11 is 0. The Kier molecular flexibility index (Phi) is 5.11. The molecule has 0 aromatic rings. The summed E-state index contributed by atoms with van der Waals surface area (Å²) in [5.41, 5.74) is 0.0325. The first kappa shape index (κ1) is 15.8. The lowest BCUT2D eigenvalue weighted by atomic mass is 9.78. The van der Waals surface area contributed by atoms with Gasteiger partial charge in [0.2, 0.25) is 5.91 Å². The van der Waals surface area contributed by atoms with Gasteiger partial charge in [0.15, 0.2) is 0 Å². The lowest BCUT2D eigenvalue weighted by Gasteiger charge is -2.36. The van der Waals surface area contributed by atoms with E-state index < -0.39 is 0 Å². The third kappa shape index (κ3) is 3.75. The molecule has 3 nitrogen and oxygen atoms in total. The topological polar surface area (TPSA) is 41.1 Å². The number of carbonyl (C=O) groups is 1. The Hall–Kier alpha value is -0.570. The van der Waals surface area contributed by atoms with Crippen LogP contribution in [-0.4, -0.2) is 24.5 Å². The molecule has 1 aliphatic heterocycles. The highest BCUT2D eigenvalue weighted by atomic mass is 16.2. The van der Waals surface area contributed by atoms with E-state index in [9.17, 15) is 4.79 Å². The molecule has 1 aliphatic carbocycles. The fourth-order valence-corrected chi connectivity index (χ4v) is 4.16. The van der Waals surface area contributed by atoms with Crippen LogP contribution in [0.3, 0.4) is 0 Å². The predicted octanol–water partition coefficient (Wildman–Crippen LogP) is 3.24. The first-order chi connectivity index (χ1) is 9.46. The summed E-state index contributed by atoms with van der Waals surface area (Å²) in [7, 11) is 0. The van der Waals surface area contributed by atoms with Crippen LogP contribution in [0.4, 0.5) is 0 Å². The van der Waals surface area contributed by atoms with Crippen molar-refractivity contribution in [2.24, 2.45) is 11.3 Å². The molecular formula is C17H32N2O. The summed E-state index contributed by atoms with van der Waals surface area (Å²) in [5.74, 6) is 0.931. The highest BCUT2D eigenvalue weighted by Gasteiger charge is 2.38. The van der Waals surface area contributed by atoms with Crippen molar-refractivity contribution >= 4 is 5.91 Å². The number of amides is 1. The number of hydrogen-bond donors (Lipinski definition) is 2. The molecule has 0 bridgehead atoms. The van der Waals surface area contributed by atoms with Crippen LogP contribution in [0, 0.1) is 11.3 Å².